The quantitative estimate of drug-likeness (QED) is 0.494. The number of rotatable bonds is 7. The Kier molecular flexibility index (Phi) is 6.64. The Morgan fingerprint density at radius 2 is 1.97 bits per heavy atom. The number of nitrogens with one attached hydrogen (secondary N) is 2. The van der Waals surface area contributed by atoms with Crippen LogP contribution in [-0.4, -0.2) is 44.0 Å². The number of hydrogen-bond donors (Lipinski definition) is 2. The van der Waals surface area contributed by atoms with Gasteiger partial charge in [-0.1, -0.05) is 0 Å². The molecule has 0 spiro atoms. The average molecular weight is 482 g/mol. The number of hydrogen-bond acceptors (Lipinski definition) is 7. The SMILES string of the molecule is Cc1cc(C)c(COC(=O)c2cc(C3CC3)nc3c2cnn3CCNC(=O)OC(C)(C)C)c(=O)[nH]1. The van der Waals surface area contributed by atoms with E-state index in [0.29, 0.717) is 34.6 Å². The summed E-state index contributed by atoms with van der Waals surface area (Å²) in [6, 6.07) is 3.61. The molecule has 3 aromatic rings. The van der Waals surface area contributed by atoms with Crippen LogP contribution in [0.25, 0.3) is 11.0 Å². The minimum atomic E-state index is -0.583. The number of carbonyl (C=O) groups is 2. The predicted molar refractivity (Wildman–Crippen MR) is 129 cm³/mol. The van der Waals surface area contributed by atoms with E-state index in [0.717, 1.165) is 29.8 Å². The van der Waals surface area contributed by atoms with Crippen LogP contribution in [0, 0.1) is 13.8 Å². The minimum Gasteiger partial charge on any atom is -0.457 e. The van der Waals surface area contributed by atoms with Crippen LogP contribution < -0.4 is 10.9 Å². The van der Waals surface area contributed by atoms with Crippen molar-refractivity contribution in [1.29, 1.82) is 0 Å². The van der Waals surface area contributed by atoms with E-state index in [2.05, 4.69) is 15.4 Å². The molecule has 1 fully saturated rings. The van der Waals surface area contributed by atoms with Crippen LogP contribution in [0.15, 0.2) is 23.1 Å². The number of aromatic nitrogens is 4. The summed E-state index contributed by atoms with van der Waals surface area (Å²) in [6.07, 6.45) is 3.09. The lowest BCUT2D eigenvalue weighted by molar-refractivity contribution is 0.0471. The standard InChI is InChI=1S/C25H31N5O5/c1-14-10-15(2)28-22(31)19(14)13-34-23(32)17-11-20(16-6-7-16)29-21-18(17)12-27-30(21)9-8-26-24(33)35-25(3,4)5/h10-12,16H,6-9,13H2,1-5H3,(H,26,33)(H,28,31). The fourth-order valence-electron chi connectivity index (χ4n) is 3.84. The van der Waals surface area contributed by atoms with Crippen LogP contribution in [0.4, 0.5) is 4.79 Å². The van der Waals surface area contributed by atoms with Gasteiger partial charge in [-0.3, -0.25) is 4.79 Å². The normalized spacial score (nSPS) is 13.6. The van der Waals surface area contributed by atoms with Gasteiger partial charge in [0.1, 0.15) is 12.2 Å². The van der Waals surface area contributed by atoms with Crippen molar-refractivity contribution in [3.05, 3.63) is 56.8 Å². The van der Waals surface area contributed by atoms with E-state index in [4.69, 9.17) is 14.5 Å². The largest absolute Gasteiger partial charge is 0.457 e. The Morgan fingerprint density at radius 1 is 1.23 bits per heavy atom. The number of aromatic amines is 1. The number of ether oxygens (including phenoxy) is 2. The minimum absolute atomic E-state index is 0.128. The van der Waals surface area contributed by atoms with Crippen molar-refractivity contribution in [2.75, 3.05) is 6.54 Å². The van der Waals surface area contributed by atoms with Gasteiger partial charge in [-0.2, -0.15) is 5.10 Å². The maximum Gasteiger partial charge on any atom is 0.407 e. The van der Waals surface area contributed by atoms with E-state index in [1.54, 1.807) is 44.6 Å². The zero-order chi connectivity index (χ0) is 25.3. The van der Waals surface area contributed by atoms with Crippen LogP contribution in [0.3, 0.4) is 0 Å². The Labute approximate surface area is 203 Å². The Bertz CT molecular complexity index is 1330. The first kappa shape index (κ1) is 24.4. The number of alkyl carbamates (subject to hydrolysis) is 1. The van der Waals surface area contributed by atoms with Gasteiger partial charge in [0.2, 0.25) is 0 Å². The molecular formula is C25H31N5O5. The fraction of sp³-hybridized carbons (Fsp3) is 0.480. The summed E-state index contributed by atoms with van der Waals surface area (Å²) >= 11 is 0. The second-order valence-corrected chi connectivity index (χ2v) is 9.92. The summed E-state index contributed by atoms with van der Waals surface area (Å²) in [5, 5.41) is 7.66. The predicted octanol–water partition coefficient (Wildman–Crippen LogP) is 3.50. The van der Waals surface area contributed by atoms with E-state index in [1.807, 2.05) is 13.0 Å². The highest BCUT2D eigenvalue weighted by molar-refractivity contribution is 6.02. The van der Waals surface area contributed by atoms with E-state index in [9.17, 15) is 14.4 Å². The van der Waals surface area contributed by atoms with E-state index < -0.39 is 17.7 Å². The number of nitrogens with zero attached hydrogens (tertiary/aromatic N) is 3. The van der Waals surface area contributed by atoms with Gasteiger partial charge in [0.15, 0.2) is 5.65 Å². The van der Waals surface area contributed by atoms with Crippen LogP contribution in [0.2, 0.25) is 0 Å². The van der Waals surface area contributed by atoms with Gasteiger partial charge in [-0.05, 0) is 65.2 Å². The maximum absolute atomic E-state index is 13.1. The van der Waals surface area contributed by atoms with E-state index in [-0.39, 0.29) is 18.7 Å². The summed E-state index contributed by atoms with van der Waals surface area (Å²) in [5.41, 5.74) is 2.82. The van der Waals surface area contributed by atoms with Gasteiger partial charge >= 0.3 is 12.1 Å². The molecule has 1 aliphatic carbocycles. The van der Waals surface area contributed by atoms with Gasteiger partial charge in [-0.15, -0.1) is 0 Å². The lowest BCUT2D eigenvalue weighted by Crippen LogP contribution is -2.34. The molecule has 3 aromatic heterocycles. The fourth-order valence-corrected chi connectivity index (χ4v) is 3.84. The second kappa shape index (κ2) is 9.52. The molecule has 0 aromatic carbocycles. The molecule has 10 nitrogen and oxygen atoms in total. The van der Waals surface area contributed by atoms with Gasteiger partial charge in [0.25, 0.3) is 5.56 Å². The molecule has 4 rings (SSSR count). The first-order chi connectivity index (χ1) is 16.5. The third kappa shape index (κ3) is 5.87. The summed E-state index contributed by atoms with van der Waals surface area (Å²) < 4.78 is 12.5. The van der Waals surface area contributed by atoms with Gasteiger partial charge in [-0.25, -0.2) is 19.3 Å². The summed E-state index contributed by atoms with van der Waals surface area (Å²) in [5.74, 6) is -0.235. The summed E-state index contributed by atoms with van der Waals surface area (Å²) in [6.45, 7) is 9.54. The third-order valence-electron chi connectivity index (χ3n) is 5.68. The number of carbonyl (C=O) groups excluding carboxylic acids is 2. The highest BCUT2D eigenvalue weighted by atomic mass is 16.6. The molecule has 2 N–H and O–H groups in total. The zero-order valence-electron chi connectivity index (χ0n) is 20.7. The average Bonchev–Trinajstić information content (AvgIpc) is 3.52. The number of pyridine rings is 2. The van der Waals surface area contributed by atoms with Crippen molar-refractivity contribution in [1.82, 2.24) is 25.1 Å². The topological polar surface area (TPSA) is 128 Å². The van der Waals surface area contributed by atoms with Crippen LogP contribution >= 0.6 is 0 Å². The van der Waals surface area contributed by atoms with Crippen molar-refractivity contribution in [2.24, 2.45) is 0 Å². The van der Waals surface area contributed by atoms with Crippen molar-refractivity contribution >= 4 is 23.1 Å². The van der Waals surface area contributed by atoms with Crippen LogP contribution in [0.1, 0.15) is 72.4 Å². The molecule has 0 atom stereocenters. The van der Waals surface area contributed by atoms with Crippen LogP contribution in [-0.2, 0) is 22.6 Å². The first-order valence-corrected chi connectivity index (χ1v) is 11.7. The third-order valence-corrected chi connectivity index (χ3v) is 5.68. The second-order valence-electron chi connectivity index (χ2n) is 9.92. The number of aryl methyl sites for hydroxylation is 2. The first-order valence-electron chi connectivity index (χ1n) is 11.7. The monoisotopic (exact) mass is 481 g/mol. The lowest BCUT2D eigenvalue weighted by Gasteiger charge is -2.19. The smallest absolute Gasteiger partial charge is 0.407 e. The molecule has 35 heavy (non-hydrogen) atoms. The molecule has 0 bridgehead atoms. The molecule has 0 radical (unpaired) electrons. The molecule has 186 valence electrons. The molecule has 1 amide bonds. The Morgan fingerprint density at radius 3 is 2.63 bits per heavy atom. The molecule has 3 heterocycles. The van der Waals surface area contributed by atoms with E-state index in [1.165, 1.54) is 0 Å². The van der Waals surface area contributed by atoms with Crippen molar-refractivity contribution < 1.29 is 19.1 Å². The van der Waals surface area contributed by atoms with Crippen molar-refractivity contribution in [3.63, 3.8) is 0 Å². The van der Waals surface area contributed by atoms with Gasteiger partial charge in [0.05, 0.1) is 29.3 Å². The maximum atomic E-state index is 13.1. The molecule has 1 saturated carbocycles. The number of esters is 1. The molecule has 1 aliphatic rings. The highest BCUT2D eigenvalue weighted by Crippen LogP contribution is 2.40. The molecule has 0 unspecified atom stereocenters. The Hall–Kier alpha value is -3.69. The number of H-pyrrole nitrogens is 1. The van der Waals surface area contributed by atoms with E-state index >= 15 is 0 Å². The highest BCUT2D eigenvalue weighted by Gasteiger charge is 2.28. The molecule has 0 aliphatic heterocycles. The van der Waals surface area contributed by atoms with Crippen LogP contribution in [0.5, 0.6) is 0 Å². The van der Waals surface area contributed by atoms with Gasteiger partial charge < -0.3 is 19.8 Å². The van der Waals surface area contributed by atoms with Crippen molar-refractivity contribution in [2.45, 2.75) is 72.1 Å². The number of fused-ring (bicyclic) bond motifs is 1. The molecular weight excluding hydrogens is 450 g/mol. The molecule has 0 saturated heterocycles. The Balaban J connectivity index is 1.53. The van der Waals surface area contributed by atoms with Crippen molar-refractivity contribution in [3.8, 4) is 0 Å². The summed E-state index contributed by atoms with van der Waals surface area (Å²) in [4.78, 5) is 44.8. The van der Waals surface area contributed by atoms with Gasteiger partial charge in [0, 0.05) is 23.9 Å². The summed E-state index contributed by atoms with van der Waals surface area (Å²) in [7, 11) is 0. The lowest BCUT2D eigenvalue weighted by atomic mass is 10.1. The zero-order valence-corrected chi connectivity index (χ0v) is 20.7. The molecule has 10 heteroatoms. The number of amides is 1.